The highest BCUT2D eigenvalue weighted by Crippen LogP contribution is 2.30. The maximum absolute atomic E-state index is 12.7. The molecule has 138 valence electrons. The topological polar surface area (TPSA) is 47.6 Å². The lowest BCUT2D eigenvalue weighted by Gasteiger charge is -2.19. The predicted octanol–water partition coefficient (Wildman–Crippen LogP) is 5.93. The second-order valence-electron chi connectivity index (χ2n) is 5.85. The van der Waals surface area contributed by atoms with Gasteiger partial charge in [0, 0.05) is 0 Å². The molecular weight excluding hydrogens is 362 g/mol. The van der Waals surface area contributed by atoms with Crippen LogP contribution in [-0.4, -0.2) is 12.0 Å². The van der Waals surface area contributed by atoms with Crippen molar-refractivity contribution >= 4 is 23.2 Å². The molecule has 0 radical (unpaired) electrons. The maximum atomic E-state index is 12.7. The number of rotatable bonds is 7. The number of halogens is 1. The molecule has 0 aliphatic heterocycles. The van der Waals surface area contributed by atoms with Gasteiger partial charge >= 0.3 is 0 Å². The molecule has 0 fully saturated rings. The summed E-state index contributed by atoms with van der Waals surface area (Å²) in [5.74, 6) is 1.47. The van der Waals surface area contributed by atoms with Gasteiger partial charge in [-0.25, -0.2) is 0 Å². The Morgan fingerprint density at radius 2 is 1.56 bits per heavy atom. The first-order valence-electron chi connectivity index (χ1n) is 8.71. The van der Waals surface area contributed by atoms with Crippen LogP contribution in [0.2, 0.25) is 5.02 Å². The summed E-state index contributed by atoms with van der Waals surface area (Å²) in [7, 11) is 0. The van der Waals surface area contributed by atoms with Crippen LogP contribution in [0.15, 0.2) is 78.9 Å². The van der Waals surface area contributed by atoms with Gasteiger partial charge in [0.1, 0.15) is 11.5 Å². The SMILES string of the molecule is CC[C@@H](Oc1ccccc1Cl)C(=O)Nc1ccccc1Oc1ccccc1. The highest BCUT2D eigenvalue weighted by Gasteiger charge is 2.21. The quantitative estimate of drug-likeness (QED) is 0.551. The van der Waals surface area contributed by atoms with Crippen molar-refractivity contribution in [2.75, 3.05) is 5.32 Å². The van der Waals surface area contributed by atoms with E-state index in [9.17, 15) is 4.79 Å². The van der Waals surface area contributed by atoms with E-state index in [1.807, 2.05) is 61.5 Å². The lowest BCUT2D eigenvalue weighted by atomic mass is 10.2. The zero-order valence-corrected chi connectivity index (χ0v) is 15.6. The number of carbonyl (C=O) groups excluding carboxylic acids is 1. The van der Waals surface area contributed by atoms with Crippen LogP contribution in [-0.2, 0) is 4.79 Å². The fourth-order valence-corrected chi connectivity index (χ4v) is 2.68. The van der Waals surface area contributed by atoms with Crippen LogP contribution >= 0.6 is 11.6 Å². The fraction of sp³-hybridized carbons (Fsp3) is 0.136. The van der Waals surface area contributed by atoms with Crippen molar-refractivity contribution in [3.05, 3.63) is 83.9 Å². The summed E-state index contributed by atoms with van der Waals surface area (Å²) >= 11 is 6.13. The second kappa shape index (κ2) is 9.10. The number of carbonyl (C=O) groups is 1. The molecule has 0 aromatic heterocycles. The normalized spacial score (nSPS) is 11.5. The molecule has 1 atom stereocenters. The second-order valence-corrected chi connectivity index (χ2v) is 6.25. The van der Waals surface area contributed by atoms with E-state index in [1.54, 1.807) is 24.3 Å². The Bertz CT molecular complexity index is 899. The zero-order chi connectivity index (χ0) is 19.1. The van der Waals surface area contributed by atoms with E-state index in [0.29, 0.717) is 34.4 Å². The van der Waals surface area contributed by atoms with Crippen molar-refractivity contribution in [1.29, 1.82) is 0 Å². The van der Waals surface area contributed by atoms with E-state index in [0.717, 1.165) is 0 Å². The maximum Gasteiger partial charge on any atom is 0.265 e. The van der Waals surface area contributed by atoms with E-state index in [1.165, 1.54) is 0 Å². The minimum absolute atomic E-state index is 0.262. The van der Waals surface area contributed by atoms with Gasteiger partial charge in [0.2, 0.25) is 0 Å². The number of ether oxygens (including phenoxy) is 2. The van der Waals surface area contributed by atoms with Gasteiger partial charge in [-0.2, -0.15) is 0 Å². The fourth-order valence-electron chi connectivity index (χ4n) is 2.50. The predicted molar refractivity (Wildman–Crippen MR) is 108 cm³/mol. The van der Waals surface area contributed by atoms with Crippen LogP contribution in [0.3, 0.4) is 0 Å². The summed E-state index contributed by atoms with van der Waals surface area (Å²) in [6, 6.07) is 23.8. The summed E-state index contributed by atoms with van der Waals surface area (Å²) in [5, 5.41) is 3.36. The molecular formula is C22H20ClNO3. The molecule has 0 spiro atoms. The van der Waals surface area contributed by atoms with Crippen molar-refractivity contribution in [2.24, 2.45) is 0 Å². The molecule has 0 aliphatic carbocycles. The first kappa shape index (κ1) is 18.8. The van der Waals surface area contributed by atoms with Crippen molar-refractivity contribution in [2.45, 2.75) is 19.4 Å². The number of benzene rings is 3. The van der Waals surface area contributed by atoms with Crippen molar-refractivity contribution < 1.29 is 14.3 Å². The van der Waals surface area contributed by atoms with Crippen LogP contribution < -0.4 is 14.8 Å². The lowest BCUT2D eigenvalue weighted by Crippen LogP contribution is -2.32. The smallest absolute Gasteiger partial charge is 0.265 e. The average Bonchev–Trinajstić information content (AvgIpc) is 2.69. The minimum Gasteiger partial charge on any atom is -0.479 e. The molecule has 1 amide bonds. The van der Waals surface area contributed by atoms with Crippen molar-refractivity contribution in [3.63, 3.8) is 0 Å². The van der Waals surface area contributed by atoms with Crippen LogP contribution in [0.25, 0.3) is 0 Å². The van der Waals surface area contributed by atoms with Crippen LogP contribution in [0.5, 0.6) is 17.2 Å². The third kappa shape index (κ3) is 5.02. The summed E-state index contributed by atoms with van der Waals surface area (Å²) in [4.78, 5) is 12.7. The largest absolute Gasteiger partial charge is 0.479 e. The van der Waals surface area contributed by atoms with Gasteiger partial charge in [0.05, 0.1) is 10.7 Å². The number of amides is 1. The Kier molecular flexibility index (Phi) is 6.34. The number of hydrogen-bond acceptors (Lipinski definition) is 3. The van der Waals surface area contributed by atoms with Gasteiger partial charge in [-0.3, -0.25) is 4.79 Å². The lowest BCUT2D eigenvalue weighted by molar-refractivity contribution is -0.122. The van der Waals surface area contributed by atoms with Crippen LogP contribution in [0, 0.1) is 0 Å². The van der Waals surface area contributed by atoms with Gasteiger partial charge < -0.3 is 14.8 Å². The van der Waals surface area contributed by atoms with Gasteiger partial charge in [-0.05, 0) is 42.8 Å². The van der Waals surface area contributed by atoms with E-state index in [4.69, 9.17) is 21.1 Å². The summed E-state index contributed by atoms with van der Waals surface area (Å²) in [6.07, 6.45) is -0.173. The monoisotopic (exact) mass is 381 g/mol. The Morgan fingerprint density at radius 1 is 0.926 bits per heavy atom. The molecule has 3 aromatic rings. The molecule has 5 heteroatoms. The molecule has 0 unspecified atom stereocenters. The number of anilines is 1. The number of para-hydroxylation sites is 4. The summed E-state index contributed by atoms with van der Waals surface area (Å²) in [6.45, 7) is 1.88. The molecule has 3 rings (SSSR count). The summed E-state index contributed by atoms with van der Waals surface area (Å²) in [5.41, 5.74) is 0.576. The highest BCUT2D eigenvalue weighted by atomic mass is 35.5. The first-order valence-corrected chi connectivity index (χ1v) is 9.09. The molecule has 0 heterocycles. The zero-order valence-electron chi connectivity index (χ0n) is 14.9. The molecule has 1 N–H and O–H groups in total. The Labute approximate surface area is 163 Å². The molecule has 0 aliphatic rings. The number of nitrogens with one attached hydrogen (secondary N) is 1. The number of hydrogen-bond donors (Lipinski definition) is 1. The third-order valence-electron chi connectivity index (χ3n) is 3.89. The Balaban J connectivity index is 1.74. The Hall–Kier alpha value is -2.98. The van der Waals surface area contributed by atoms with Gasteiger partial charge in [0.15, 0.2) is 11.9 Å². The van der Waals surface area contributed by atoms with E-state index in [-0.39, 0.29) is 5.91 Å². The Morgan fingerprint density at radius 3 is 2.26 bits per heavy atom. The molecule has 0 saturated heterocycles. The molecule has 4 nitrogen and oxygen atoms in total. The average molecular weight is 382 g/mol. The molecule has 0 saturated carbocycles. The molecule has 0 bridgehead atoms. The van der Waals surface area contributed by atoms with Gasteiger partial charge in [0.25, 0.3) is 5.91 Å². The van der Waals surface area contributed by atoms with Crippen molar-refractivity contribution in [3.8, 4) is 17.2 Å². The van der Waals surface area contributed by atoms with E-state index in [2.05, 4.69) is 5.32 Å². The molecule has 3 aromatic carbocycles. The minimum atomic E-state index is -0.672. The van der Waals surface area contributed by atoms with Gasteiger partial charge in [-0.1, -0.05) is 61.0 Å². The third-order valence-corrected chi connectivity index (χ3v) is 4.20. The van der Waals surface area contributed by atoms with E-state index < -0.39 is 6.10 Å². The standard InChI is InChI=1S/C22H20ClNO3/c1-2-19(27-20-14-8-6-12-17(20)23)22(25)24-18-13-7-9-15-21(18)26-16-10-4-3-5-11-16/h3-15,19H,2H2,1H3,(H,24,25)/t19-/m1/s1. The summed E-state index contributed by atoms with van der Waals surface area (Å²) < 4.78 is 11.7. The van der Waals surface area contributed by atoms with E-state index >= 15 is 0 Å². The van der Waals surface area contributed by atoms with Crippen molar-refractivity contribution in [1.82, 2.24) is 0 Å². The first-order chi connectivity index (χ1) is 13.2. The highest BCUT2D eigenvalue weighted by molar-refractivity contribution is 6.32. The molecule has 27 heavy (non-hydrogen) atoms. The van der Waals surface area contributed by atoms with Crippen LogP contribution in [0.4, 0.5) is 5.69 Å². The van der Waals surface area contributed by atoms with Crippen LogP contribution in [0.1, 0.15) is 13.3 Å². The van der Waals surface area contributed by atoms with Gasteiger partial charge in [-0.15, -0.1) is 0 Å².